The van der Waals surface area contributed by atoms with Crippen LogP contribution in [0.2, 0.25) is 0 Å². The van der Waals surface area contributed by atoms with Gasteiger partial charge in [-0.1, -0.05) is 48.5 Å². The zero-order chi connectivity index (χ0) is 24.7. The van der Waals surface area contributed by atoms with Crippen LogP contribution in [0.25, 0.3) is 21.5 Å². The fourth-order valence-corrected chi connectivity index (χ4v) is 3.75. The maximum Gasteiger partial charge on any atom is 4.00 e. The fraction of sp³-hybridized carbons (Fsp3) is 0. The van der Waals surface area contributed by atoms with Crippen LogP contribution >= 0.6 is 0 Å². The summed E-state index contributed by atoms with van der Waals surface area (Å²) in [7, 11) is 0. The Labute approximate surface area is 240 Å². The Balaban J connectivity index is 0.000000142. The predicted molar refractivity (Wildman–Crippen MR) is 157 cm³/mol. The molecule has 0 aliphatic carbocycles. The second-order valence-electron chi connectivity index (χ2n) is 8.24. The van der Waals surface area contributed by atoms with Crippen LogP contribution in [0.15, 0.2) is 176 Å². The van der Waals surface area contributed by atoms with Crippen molar-refractivity contribution in [3.05, 3.63) is 193 Å². The Morgan fingerprint density at radius 2 is 0.784 bits per heavy atom. The fourth-order valence-electron chi connectivity index (χ4n) is 3.75. The van der Waals surface area contributed by atoms with E-state index in [1.54, 1.807) is 0 Å². The Morgan fingerprint density at radius 1 is 0.378 bits per heavy atom. The van der Waals surface area contributed by atoms with Crippen LogP contribution in [0.3, 0.4) is 0 Å². The molecule has 0 saturated carbocycles. The van der Waals surface area contributed by atoms with Crippen molar-refractivity contribution in [3.63, 3.8) is 0 Å². The van der Waals surface area contributed by atoms with Gasteiger partial charge in [0.15, 0.2) is 0 Å². The minimum absolute atomic E-state index is 0. The van der Waals surface area contributed by atoms with Gasteiger partial charge in [-0.3, -0.25) is 0 Å². The molecule has 0 bridgehead atoms. The quantitative estimate of drug-likeness (QED) is 0.187. The van der Waals surface area contributed by atoms with Crippen molar-refractivity contribution >= 4 is 21.5 Å². The van der Waals surface area contributed by atoms with Gasteiger partial charge in [0.1, 0.15) is 0 Å². The standard InChI is InChI=1S/C13H11.2C9H7.C5H5.Zr/c1-3-7-12(8-4-1)11-13-9-5-2-6-10-13;2*1-2-5-9-7-3-6-8(9)4-1;1-2-4-5-3-1;/h1-11H;2*1-7H;1-5H;/q4*-1;+4. The normalized spacial score (nSPS) is 9.41. The van der Waals surface area contributed by atoms with E-state index < -0.39 is 0 Å². The van der Waals surface area contributed by atoms with E-state index in [0.29, 0.717) is 0 Å². The topological polar surface area (TPSA) is 0 Å². The van der Waals surface area contributed by atoms with E-state index in [1.165, 1.54) is 32.7 Å². The molecule has 0 aromatic heterocycles. The summed E-state index contributed by atoms with van der Waals surface area (Å²) in [5.41, 5.74) is 2.49. The molecule has 0 atom stereocenters. The molecule has 0 N–H and O–H groups in total. The van der Waals surface area contributed by atoms with E-state index in [4.69, 9.17) is 0 Å². The molecule has 0 aliphatic rings. The number of hydrogen-bond acceptors (Lipinski definition) is 0. The molecule has 0 radical (unpaired) electrons. The third kappa shape index (κ3) is 9.64. The van der Waals surface area contributed by atoms with E-state index in [-0.39, 0.29) is 26.2 Å². The Kier molecular flexibility index (Phi) is 12.1. The molecule has 0 aliphatic heterocycles. The van der Waals surface area contributed by atoms with Crippen LogP contribution in [0, 0.1) is 6.42 Å². The molecule has 7 rings (SSSR count). The summed E-state index contributed by atoms with van der Waals surface area (Å²) in [6.45, 7) is 0. The molecule has 7 aromatic rings. The molecule has 0 saturated heterocycles. The first-order chi connectivity index (χ1) is 17.9. The first-order valence-corrected chi connectivity index (χ1v) is 12.2. The first kappa shape index (κ1) is 27.8. The number of hydrogen-bond donors (Lipinski definition) is 0. The average molecular weight is 554 g/mol. The van der Waals surface area contributed by atoms with Gasteiger partial charge in [-0.05, 0) is 0 Å². The molecule has 0 fully saturated rings. The van der Waals surface area contributed by atoms with Gasteiger partial charge >= 0.3 is 26.2 Å². The van der Waals surface area contributed by atoms with E-state index in [9.17, 15) is 0 Å². The van der Waals surface area contributed by atoms with Crippen molar-refractivity contribution in [2.45, 2.75) is 0 Å². The summed E-state index contributed by atoms with van der Waals surface area (Å²) < 4.78 is 0. The second-order valence-corrected chi connectivity index (χ2v) is 8.24. The van der Waals surface area contributed by atoms with Crippen LogP contribution < -0.4 is 0 Å². The van der Waals surface area contributed by atoms with Gasteiger partial charge in [-0.2, -0.15) is 53.2 Å². The zero-order valence-electron chi connectivity index (χ0n) is 20.8. The average Bonchev–Trinajstić information content (AvgIpc) is 3.74. The summed E-state index contributed by atoms with van der Waals surface area (Å²) in [5, 5.41) is 5.32. The van der Waals surface area contributed by atoms with Gasteiger partial charge < -0.3 is 0 Å². The maximum absolute atomic E-state index is 2.17. The van der Waals surface area contributed by atoms with Gasteiger partial charge in [-0.15, -0.1) is 101 Å². The first-order valence-electron chi connectivity index (χ1n) is 12.2. The minimum Gasteiger partial charge on any atom is -0.214 e. The molecule has 0 unspecified atom stereocenters. The third-order valence-corrected chi connectivity index (χ3v) is 5.58. The molecule has 7 aromatic carbocycles. The van der Waals surface area contributed by atoms with Crippen molar-refractivity contribution in [1.29, 1.82) is 0 Å². The van der Waals surface area contributed by atoms with Crippen molar-refractivity contribution in [2.24, 2.45) is 0 Å². The zero-order valence-corrected chi connectivity index (χ0v) is 23.3. The molecule has 0 amide bonds. The minimum atomic E-state index is 0. The van der Waals surface area contributed by atoms with Crippen molar-refractivity contribution in [2.75, 3.05) is 0 Å². The Morgan fingerprint density at radius 3 is 1.16 bits per heavy atom. The van der Waals surface area contributed by atoms with Crippen molar-refractivity contribution in [1.82, 2.24) is 0 Å². The molecular formula is C36H30Zr. The van der Waals surface area contributed by atoms with Crippen LogP contribution in [0.4, 0.5) is 0 Å². The van der Waals surface area contributed by atoms with Crippen LogP contribution in [-0.4, -0.2) is 0 Å². The van der Waals surface area contributed by atoms with Crippen LogP contribution in [0.1, 0.15) is 11.1 Å². The molecular weight excluding hydrogens is 524 g/mol. The second kappa shape index (κ2) is 16.0. The molecule has 37 heavy (non-hydrogen) atoms. The largest absolute Gasteiger partial charge is 4.00 e. The van der Waals surface area contributed by atoms with E-state index >= 15 is 0 Å². The van der Waals surface area contributed by atoms with Crippen molar-refractivity contribution < 1.29 is 26.2 Å². The summed E-state index contributed by atoms with van der Waals surface area (Å²) in [5.74, 6) is 0. The molecule has 178 valence electrons. The summed E-state index contributed by atoms with van der Waals surface area (Å²) in [6.07, 6.45) is 2.17. The number of benzene rings is 4. The van der Waals surface area contributed by atoms with Gasteiger partial charge in [0.05, 0.1) is 0 Å². The number of rotatable bonds is 2. The summed E-state index contributed by atoms with van der Waals surface area (Å²) in [6, 6.07) is 60.0. The van der Waals surface area contributed by atoms with E-state index in [2.05, 4.69) is 140 Å². The molecule has 0 nitrogen and oxygen atoms in total. The monoisotopic (exact) mass is 552 g/mol. The summed E-state index contributed by atoms with van der Waals surface area (Å²) in [4.78, 5) is 0. The van der Waals surface area contributed by atoms with Gasteiger partial charge in [0.25, 0.3) is 0 Å². The predicted octanol–water partition coefficient (Wildman–Crippen LogP) is 9.81. The maximum atomic E-state index is 2.17. The van der Waals surface area contributed by atoms with Gasteiger partial charge in [0, 0.05) is 0 Å². The Bertz CT molecular complexity index is 1310. The summed E-state index contributed by atoms with van der Waals surface area (Å²) >= 11 is 0. The SMILES string of the molecule is [Zr+4].c1cc[cH-]c1.c1ccc([CH-]c2ccccc2)cc1.c1ccc2[cH-]ccc2c1.c1ccc2[cH-]ccc2c1. The third-order valence-electron chi connectivity index (χ3n) is 5.58. The Hall–Kier alpha value is -3.80. The van der Waals surface area contributed by atoms with Crippen LogP contribution in [0.5, 0.6) is 0 Å². The van der Waals surface area contributed by atoms with Gasteiger partial charge in [-0.25, -0.2) is 12.1 Å². The van der Waals surface area contributed by atoms with Crippen LogP contribution in [-0.2, 0) is 26.2 Å². The molecule has 1 heteroatoms. The van der Waals surface area contributed by atoms with Crippen molar-refractivity contribution in [3.8, 4) is 0 Å². The smallest absolute Gasteiger partial charge is 0.214 e. The van der Waals surface area contributed by atoms with Gasteiger partial charge in [0.2, 0.25) is 0 Å². The molecule has 0 heterocycles. The van der Waals surface area contributed by atoms with E-state index in [1.807, 2.05) is 42.5 Å². The number of fused-ring (bicyclic) bond motifs is 2. The molecule has 0 spiro atoms. The van der Waals surface area contributed by atoms with E-state index in [0.717, 1.165) is 0 Å².